The van der Waals surface area contributed by atoms with E-state index in [0.29, 0.717) is 5.02 Å². The van der Waals surface area contributed by atoms with Gasteiger partial charge in [-0.3, -0.25) is 4.98 Å². The molecule has 2 rings (SSSR count). The van der Waals surface area contributed by atoms with Gasteiger partial charge in [-0.05, 0) is 25.0 Å². The number of rotatable bonds is 1. The highest BCUT2D eigenvalue weighted by Gasteiger charge is 2.25. The zero-order chi connectivity index (χ0) is 9.97. The standard InChI is InChI=1S/C11H14ClNO/c12-8-5-6-13-10(7-8)9-3-1-2-4-11(9)14/h5-7,9,11,14H,1-4H2/t9-,11+/m1/s1. The monoisotopic (exact) mass is 211 g/mol. The van der Waals surface area contributed by atoms with Gasteiger partial charge in [-0.15, -0.1) is 0 Å². The lowest BCUT2D eigenvalue weighted by Gasteiger charge is -2.26. The Morgan fingerprint density at radius 3 is 2.86 bits per heavy atom. The molecular formula is C11H14ClNO. The molecule has 0 unspecified atom stereocenters. The van der Waals surface area contributed by atoms with E-state index in [2.05, 4.69) is 4.98 Å². The first-order chi connectivity index (χ1) is 6.77. The molecule has 1 aliphatic rings. The molecule has 1 heterocycles. The summed E-state index contributed by atoms with van der Waals surface area (Å²) in [6.07, 6.45) is 5.68. The summed E-state index contributed by atoms with van der Waals surface area (Å²) in [7, 11) is 0. The summed E-state index contributed by atoms with van der Waals surface area (Å²) in [4.78, 5) is 4.27. The van der Waals surface area contributed by atoms with E-state index in [1.807, 2.05) is 6.07 Å². The van der Waals surface area contributed by atoms with E-state index >= 15 is 0 Å². The zero-order valence-corrected chi connectivity index (χ0v) is 8.74. The van der Waals surface area contributed by atoms with Gasteiger partial charge >= 0.3 is 0 Å². The van der Waals surface area contributed by atoms with Gasteiger partial charge in [-0.1, -0.05) is 24.4 Å². The van der Waals surface area contributed by atoms with Crippen LogP contribution in [0.2, 0.25) is 5.02 Å². The smallest absolute Gasteiger partial charge is 0.0623 e. The molecule has 0 amide bonds. The lowest BCUT2D eigenvalue weighted by molar-refractivity contribution is 0.104. The van der Waals surface area contributed by atoms with Gasteiger partial charge < -0.3 is 5.11 Å². The Bertz CT molecular complexity index is 316. The highest BCUT2D eigenvalue weighted by atomic mass is 35.5. The van der Waals surface area contributed by atoms with Crippen molar-refractivity contribution < 1.29 is 5.11 Å². The number of halogens is 1. The number of aliphatic hydroxyl groups is 1. The summed E-state index contributed by atoms with van der Waals surface area (Å²) in [5.41, 5.74) is 0.935. The molecule has 3 heteroatoms. The molecule has 1 fully saturated rings. The lowest BCUT2D eigenvalue weighted by Crippen LogP contribution is -2.23. The van der Waals surface area contributed by atoms with Crippen molar-refractivity contribution >= 4 is 11.6 Å². The fourth-order valence-electron chi connectivity index (χ4n) is 2.08. The Hall–Kier alpha value is -0.600. The predicted octanol–water partition coefficient (Wildman–Crippen LogP) is 2.75. The second kappa shape index (κ2) is 4.28. The van der Waals surface area contributed by atoms with Crippen LogP contribution in [0.1, 0.15) is 37.3 Å². The molecule has 1 saturated carbocycles. The van der Waals surface area contributed by atoms with Crippen LogP contribution < -0.4 is 0 Å². The summed E-state index contributed by atoms with van der Waals surface area (Å²) in [6.45, 7) is 0. The summed E-state index contributed by atoms with van der Waals surface area (Å²) in [5, 5.41) is 10.5. The van der Waals surface area contributed by atoms with Crippen LogP contribution in [0.3, 0.4) is 0 Å². The molecule has 0 saturated heterocycles. The van der Waals surface area contributed by atoms with Crippen LogP contribution >= 0.6 is 11.6 Å². The molecule has 1 N–H and O–H groups in total. The summed E-state index contributed by atoms with van der Waals surface area (Å²) in [5.74, 6) is 0.183. The van der Waals surface area contributed by atoms with Crippen LogP contribution in [-0.2, 0) is 0 Å². The maximum atomic E-state index is 9.83. The molecule has 2 nitrogen and oxygen atoms in total. The van der Waals surface area contributed by atoms with Gasteiger partial charge in [-0.2, -0.15) is 0 Å². The molecule has 0 spiro atoms. The molecule has 76 valence electrons. The van der Waals surface area contributed by atoms with Crippen LogP contribution in [0.15, 0.2) is 18.3 Å². The normalized spacial score (nSPS) is 27.6. The maximum absolute atomic E-state index is 9.83. The van der Waals surface area contributed by atoms with Crippen molar-refractivity contribution in [2.24, 2.45) is 0 Å². The Labute approximate surface area is 88.9 Å². The Morgan fingerprint density at radius 1 is 1.36 bits per heavy atom. The van der Waals surface area contributed by atoms with E-state index in [4.69, 9.17) is 11.6 Å². The largest absolute Gasteiger partial charge is 0.392 e. The summed E-state index contributed by atoms with van der Waals surface area (Å²) < 4.78 is 0. The number of aromatic nitrogens is 1. The maximum Gasteiger partial charge on any atom is 0.0623 e. The first-order valence-electron chi connectivity index (χ1n) is 5.07. The second-order valence-corrected chi connectivity index (χ2v) is 4.29. The van der Waals surface area contributed by atoms with Crippen molar-refractivity contribution in [1.82, 2.24) is 4.98 Å². The van der Waals surface area contributed by atoms with E-state index in [1.165, 1.54) is 6.42 Å². The van der Waals surface area contributed by atoms with E-state index < -0.39 is 0 Å². The molecule has 0 aliphatic heterocycles. The molecule has 0 aromatic carbocycles. The average molecular weight is 212 g/mol. The first kappa shape index (κ1) is 9.94. The fraction of sp³-hybridized carbons (Fsp3) is 0.545. The van der Waals surface area contributed by atoms with Crippen molar-refractivity contribution in [3.05, 3.63) is 29.0 Å². The van der Waals surface area contributed by atoms with Gasteiger partial charge in [0.2, 0.25) is 0 Å². The SMILES string of the molecule is O[C@H]1CCCC[C@@H]1c1cc(Cl)ccn1. The van der Waals surface area contributed by atoms with Crippen molar-refractivity contribution in [3.8, 4) is 0 Å². The topological polar surface area (TPSA) is 33.1 Å². The van der Waals surface area contributed by atoms with Crippen molar-refractivity contribution in [2.75, 3.05) is 0 Å². The van der Waals surface area contributed by atoms with Gasteiger partial charge in [0.25, 0.3) is 0 Å². The van der Waals surface area contributed by atoms with Gasteiger partial charge in [0.15, 0.2) is 0 Å². The Balaban J connectivity index is 2.20. The molecule has 0 bridgehead atoms. The minimum absolute atomic E-state index is 0.183. The minimum Gasteiger partial charge on any atom is -0.392 e. The van der Waals surface area contributed by atoms with E-state index in [9.17, 15) is 5.11 Å². The third kappa shape index (κ3) is 2.07. The highest BCUT2D eigenvalue weighted by Crippen LogP contribution is 2.32. The lowest BCUT2D eigenvalue weighted by atomic mass is 9.84. The van der Waals surface area contributed by atoms with Gasteiger partial charge in [-0.25, -0.2) is 0 Å². The molecule has 1 aromatic rings. The number of aliphatic hydroxyl groups excluding tert-OH is 1. The van der Waals surface area contributed by atoms with E-state index in [0.717, 1.165) is 25.0 Å². The van der Waals surface area contributed by atoms with Crippen molar-refractivity contribution in [2.45, 2.75) is 37.7 Å². The highest BCUT2D eigenvalue weighted by molar-refractivity contribution is 6.30. The number of hydrogen-bond donors (Lipinski definition) is 1. The fourth-order valence-corrected chi connectivity index (χ4v) is 2.25. The first-order valence-corrected chi connectivity index (χ1v) is 5.44. The molecule has 1 aliphatic carbocycles. The Morgan fingerprint density at radius 2 is 2.14 bits per heavy atom. The molecular weight excluding hydrogens is 198 g/mol. The van der Waals surface area contributed by atoms with Gasteiger partial charge in [0.05, 0.1) is 6.10 Å². The number of nitrogens with zero attached hydrogens (tertiary/aromatic N) is 1. The van der Waals surface area contributed by atoms with E-state index in [1.54, 1.807) is 12.3 Å². The second-order valence-electron chi connectivity index (χ2n) is 3.86. The van der Waals surface area contributed by atoms with Crippen molar-refractivity contribution in [1.29, 1.82) is 0 Å². The molecule has 0 radical (unpaired) electrons. The third-order valence-electron chi connectivity index (χ3n) is 2.85. The average Bonchev–Trinajstić information content (AvgIpc) is 2.18. The number of pyridine rings is 1. The molecule has 2 atom stereocenters. The van der Waals surface area contributed by atoms with Crippen LogP contribution in [0, 0.1) is 0 Å². The van der Waals surface area contributed by atoms with E-state index in [-0.39, 0.29) is 12.0 Å². The molecule has 14 heavy (non-hydrogen) atoms. The van der Waals surface area contributed by atoms with Crippen LogP contribution in [-0.4, -0.2) is 16.2 Å². The van der Waals surface area contributed by atoms with Crippen LogP contribution in [0.5, 0.6) is 0 Å². The number of hydrogen-bond acceptors (Lipinski definition) is 2. The molecule has 1 aromatic heterocycles. The summed E-state index contributed by atoms with van der Waals surface area (Å²) in [6, 6.07) is 3.63. The predicted molar refractivity (Wildman–Crippen MR) is 56.5 cm³/mol. The van der Waals surface area contributed by atoms with Crippen molar-refractivity contribution in [3.63, 3.8) is 0 Å². The quantitative estimate of drug-likeness (QED) is 0.775. The van der Waals surface area contributed by atoms with Crippen LogP contribution in [0.4, 0.5) is 0 Å². The third-order valence-corrected chi connectivity index (χ3v) is 3.09. The van der Waals surface area contributed by atoms with Gasteiger partial charge in [0.1, 0.15) is 0 Å². The summed E-state index contributed by atoms with van der Waals surface area (Å²) >= 11 is 5.89. The van der Waals surface area contributed by atoms with Crippen LogP contribution in [0.25, 0.3) is 0 Å². The zero-order valence-electron chi connectivity index (χ0n) is 7.99. The minimum atomic E-state index is -0.241. The van der Waals surface area contributed by atoms with Gasteiger partial charge in [0, 0.05) is 22.8 Å². The Kier molecular flexibility index (Phi) is 3.04.